The van der Waals surface area contributed by atoms with Crippen LogP contribution in [0.15, 0.2) is 12.3 Å². The van der Waals surface area contributed by atoms with Crippen molar-refractivity contribution < 1.29 is 19.4 Å². The Balaban J connectivity index is 1.69. The molecular formula is C24H35N9O4. The number of carbonyl (C=O) groups is 1. The van der Waals surface area contributed by atoms with Gasteiger partial charge in [0, 0.05) is 24.6 Å². The van der Waals surface area contributed by atoms with E-state index in [0.717, 1.165) is 44.5 Å². The molecule has 1 aliphatic rings. The standard InChI is InChI=1S/C24H35N9O4/c1-4-5-16(8-11-34)27-22-21-18(28-23(29-22)30-24(35)37-3)13-26-33(21)14-19-20(36-2)12-17(31-32-19)15-6-9-25-10-7-15/h12-13,15-16,25,34H,4-11,14H2,1-3H3,(H2,27,28,29,30,35)/t16-/m0/s1. The highest BCUT2D eigenvalue weighted by molar-refractivity contribution is 5.89. The van der Waals surface area contributed by atoms with Gasteiger partial charge in [-0.3, -0.25) is 10.00 Å². The number of hydrogen-bond donors (Lipinski definition) is 4. The summed E-state index contributed by atoms with van der Waals surface area (Å²) in [5.41, 5.74) is 2.73. The number of rotatable bonds is 11. The summed E-state index contributed by atoms with van der Waals surface area (Å²) in [6.45, 7) is 4.33. The molecule has 0 radical (unpaired) electrons. The number of aromatic nitrogens is 6. The third kappa shape index (κ3) is 6.41. The van der Waals surface area contributed by atoms with Crippen LogP contribution in [0.3, 0.4) is 0 Å². The fourth-order valence-electron chi connectivity index (χ4n) is 4.56. The smallest absolute Gasteiger partial charge is 0.413 e. The molecule has 3 aromatic heterocycles. The maximum atomic E-state index is 11.8. The normalized spacial score (nSPS) is 14.9. The van der Waals surface area contributed by atoms with Gasteiger partial charge in [-0.05, 0) is 38.8 Å². The van der Waals surface area contributed by atoms with E-state index in [1.165, 1.54) is 7.11 Å². The molecule has 4 N–H and O–H groups in total. The van der Waals surface area contributed by atoms with Crippen LogP contribution >= 0.6 is 0 Å². The zero-order valence-corrected chi connectivity index (χ0v) is 21.5. The first-order valence-corrected chi connectivity index (χ1v) is 12.6. The number of nitrogens with zero attached hydrogens (tertiary/aromatic N) is 6. The second kappa shape index (κ2) is 12.6. The van der Waals surface area contributed by atoms with Gasteiger partial charge in [0.25, 0.3) is 0 Å². The van der Waals surface area contributed by atoms with Crippen molar-refractivity contribution in [3.8, 4) is 5.75 Å². The fraction of sp³-hybridized carbons (Fsp3) is 0.583. The molecule has 200 valence electrons. The van der Waals surface area contributed by atoms with Gasteiger partial charge < -0.3 is 25.2 Å². The van der Waals surface area contributed by atoms with Crippen molar-refractivity contribution in [2.24, 2.45) is 0 Å². The minimum Gasteiger partial charge on any atom is -0.495 e. The second-order valence-electron chi connectivity index (χ2n) is 9.00. The number of aliphatic hydroxyl groups is 1. The zero-order valence-electron chi connectivity index (χ0n) is 21.5. The minimum atomic E-state index is -0.674. The molecule has 3 aromatic rings. The van der Waals surface area contributed by atoms with E-state index < -0.39 is 6.09 Å². The van der Waals surface area contributed by atoms with Crippen molar-refractivity contribution in [1.29, 1.82) is 0 Å². The minimum absolute atomic E-state index is 0.0268. The van der Waals surface area contributed by atoms with E-state index in [4.69, 9.17) is 9.47 Å². The first-order chi connectivity index (χ1) is 18.1. The van der Waals surface area contributed by atoms with E-state index in [-0.39, 0.29) is 25.1 Å². The number of ether oxygens (including phenoxy) is 2. The summed E-state index contributed by atoms with van der Waals surface area (Å²) in [6.07, 6.45) is 5.27. The molecule has 1 amide bonds. The highest BCUT2D eigenvalue weighted by Gasteiger charge is 2.22. The Labute approximate surface area is 215 Å². The molecule has 1 fully saturated rings. The van der Waals surface area contributed by atoms with E-state index in [0.29, 0.717) is 40.6 Å². The lowest BCUT2D eigenvalue weighted by molar-refractivity contribution is 0.186. The Morgan fingerprint density at radius 2 is 2.05 bits per heavy atom. The van der Waals surface area contributed by atoms with Gasteiger partial charge in [0.05, 0.1) is 32.7 Å². The number of methoxy groups -OCH3 is 2. The molecule has 4 rings (SSSR count). The molecule has 1 atom stereocenters. The molecule has 37 heavy (non-hydrogen) atoms. The fourth-order valence-corrected chi connectivity index (χ4v) is 4.56. The van der Waals surface area contributed by atoms with Crippen LogP contribution in [0, 0.1) is 0 Å². The molecule has 0 aliphatic carbocycles. The van der Waals surface area contributed by atoms with Gasteiger partial charge in [0.1, 0.15) is 22.5 Å². The van der Waals surface area contributed by atoms with Crippen LogP contribution in [0.25, 0.3) is 11.0 Å². The second-order valence-corrected chi connectivity index (χ2v) is 9.00. The quantitative estimate of drug-likeness (QED) is 0.298. The first kappa shape index (κ1) is 26.5. The molecular weight excluding hydrogens is 478 g/mol. The largest absolute Gasteiger partial charge is 0.495 e. The lowest BCUT2D eigenvalue weighted by atomic mass is 9.94. The molecule has 0 spiro atoms. The lowest BCUT2D eigenvalue weighted by Crippen LogP contribution is -2.27. The number of amides is 1. The first-order valence-electron chi connectivity index (χ1n) is 12.6. The molecule has 1 saturated heterocycles. The van der Waals surface area contributed by atoms with Crippen LogP contribution in [-0.2, 0) is 11.3 Å². The maximum absolute atomic E-state index is 11.8. The molecule has 0 saturated carbocycles. The van der Waals surface area contributed by atoms with Crippen LogP contribution in [0.1, 0.15) is 56.3 Å². The van der Waals surface area contributed by atoms with Crippen LogP contribution in [-0.4, -0.2) is 81.1 Å². The summed E-state index contributed by atoms with van der Waals surface area (Å²) >= 11 is 0. The summed E-state index contributed by atoms with van der Waals surface area (Å²) in [7, 11) is 2.90. The molecule has 13 nitrogen and oxygen atoms in total. The van der Waals surface area contributed by atoms with E-state index in [9.17, 15) is 9.90 Å². The molecule has 4 heterocycles. The van der Waals surface area contributed by atoms with Crippen LogP contribution in [0.4, 0.5) is 16.6 Å². The van der Waals surface area contributed by atoms with Gasteiger partial charge in [0.2, 0.25) is 5.95 Å². The van der Waals surface area contributed by atoms with Crippen molar-refractivity contribution in [3.05, 3.63) is 23.7 Å². The van der Waals surface area contributed by atoms with Crippen molar-refractivity contribution >= 4 is 28.9 Å². The zero-order chi connectivity index (χ0) is 26.2. The van der Waals surface area contributed by atoms with E-state index >= 15 is 0 Å². The van der Waals surface area contributed by atoms with Gasteiger partial charge in [-0.1, -0.05) is 13.3 Å². The maximum Gasteiger partial charge on any atom is 0.413 e. The molecule has 13 heteroatoms. The number of nitrogens with one attached hydrogen (secondary N) is 3. The van der Waals surface area contributed by atoms with E-state index in [1.54, 1.807) is 18.0 Å². The Morgan fingerprint density at radius 3 is 2.76 bits per heavy atom. The van der Waals surface area contributed by atoms with Crippen LogP contribution in [0.2, 0.25) is 0 Å². The summed E-state index contributed by atoms with van der Waals surface area (Å²) < 4.78 is 12.1. The number of fused-ring (bicyclic) bond motifs is 1. The van der Waals surface area contributed by atoms with Crippen molar-refractivity contribution in [2.75, 3.05) is 44.5 Å². The topological polar surface area (TPSA) is 161 Å². The Bertz CT molecular complexity index is 1190. The molecule has 0 bridgehead atoms. The molecule has 0 aromatic carbocycles. The number of anilines is 2. The van der Waals surface area contributed by atoms with Gasteiger partial charge >= 0.3 is 6.09 Å². The van der Waals surface area contributed by atoms with Gasteiger partial charge in [-0.25, -0.2) is 9.78 Å². The average molecular weight is 514 g/mol. The van der Waals surface area contributed by atoms with E-state index in [1.807, 2.05) is 6.07 Å². The SMILES string of the molecule is CCC[C@@H](CCO)Nc1nc(NC(=O)OC)nc2cnn(Cc3nnc(C4CCNCC4)cc3OC)c12. The highest BCUT2D eigenvalue weighted by atomic mass is 16.5. The van der Waals surface area contributed by atoms with Crippen molar-refractivity contribution in [2.45, 2.75) is 57.5 Å². The highest BCUT2D eigenvalue weighted by Crippen LogP contribution is 2.29. The summed E-state index contributed by atoms with van der Waals surface area (Å²) in [4.78, 5) is 20.8. The average Bonchev–Trinajstić information content (AvgIpc) is 3.32. The Kier molecular flexibility index (Phi) is 9.01. The predicted octanol–water partition coefficient (Wildman–Crippen LogP) is 2.28. The number of aliphatic hydroxyl groups excluding tert-OH is 1. The summed E-state index contributed by atoms with van der Waals surface area (Å²) in [5.74, 6) is 1.58. The van der Waals surface area contributed by atoms with E-state index in [2.05, 4.69) is 48.1 Å². The Hall–Kier alpha value is -3.58. The molecule has 1 aliphatic heterocycles. The molecule has 0 unspecified atom stereocenters. The number of carbonyl (C=O) groups excluding carboxylic acids is 1. The van der Waals surface area contributed by atoms with Crippen molar-refractivity contribution in [1.82, 2.24) is 35.3 Å². The third-order valence-electron chi connectivity index (χ3n) is 6.47. The lowest BCUT2D eigenvalue weighted by Gasteiger charge is -2.22. The summed E-state index contributed by atoms with van der Waals surface area (Å²) in [6, 6.07) is 1.94. The van der Waals surface area contributed by atoms with Gasteiger partial charge in [0.15, 0.2) is 5.82 Å². The Morgan fingerprint density at radius 1 is 1.24 bits per heavy atom. The summed E-state index contributed by atoms with van der Waals surface area (Å²) in [5, 5.41) is 32.4. The van der Waals surface area contributed by atoms with Gasteiger partial charge in [-0.2, -0.15) is 15.2 Å². The monoisotopic (exact) mass is 513 g/mol. The van der Waals surface area contributed by atoms with Gasteiger partial charge in [-0.15, -0.1) is 5.10 Å². The van der Waals surface area contributed by atoms with Crippen LogP contribution in [0.5, 0.6) is 5.75 Å². The number of piperidine rings is 1. The van der Waals surface area contributed by atoms with Crippen LogP contribution < -0.4 is 20.7 Å². The number of hydrogen-bond acceptors (Lipinski definition) is 11. The predicted molar refractivity (Wildman–Crippen MR) is 138 cm³/mol. The third-order valence-corrected chi connectivity index (χ3v) is 6.47. The van der Waals surface area contributed by atoms with Crippen molar-refractivity contribution in [3.63, 3.8) is 0 Å².